The monoisotopic (exact) mass is 827 g/mol. The van der Waals surface area contributed by atoms with E-state index in [1.54, 1.807) is 71.0 Å². The van der Waals surface area contributed by atoms with Crippen LogP contribution in [-0.4, -0.2) is 151 Å². The Kier molecular flexibility index (Phi) is 19.4. The van der Waals surface area contributed by atoms with Crippen LogP contribution >= 0.6 is 0 Å². The molecule has 3 heterocycles. The Morgan fingerprint density at radius 2 is 1.71 bits per heavy atom. The lowest BCUT2D eigenvalue weighted by atomic mass is 9.82. The van der Waals surface area contributed by atoms with Gasteiger partial charge in [-0.1, -0.05) is 45.1 Å². The molecule has 0 radical (unpaired) electrons. The Balaban J connectivity index is 1.98. The highest BCUT2D eigenvalue weighted by atomic mass is 16.7. The third-order valence-corrected chi connectivity index (χ3v) is 10.9. The van der Waals surface area contributed by atoms with Gasteiger partial charge in [-0.15, -0.1) is 0 Å². The van der Waals surface area contributed by atoms with Crippen molar-refractivity contribution in [2.45, 2.75) is 179 Å². The Bertz CT molecular complexity index is 1390. The minimum Gasteiger partial charge on any atom is -0.462 e. The fourth-order valence-corrected chi connectivity index (χ4v) is 8.08. The third kappa shape index (κ3) is 14.2. The number of allylic oxidation sites excluding steroid dienone is 2. The first-order valence-electron chi connectivity index (χ1n) is 20.4. The maximum Gasteiger partial charge on any atom is 0.309 e. The maximum atomic E-state index is 13.2. The molecule has 0 spiro atoms. The molecule has 0 amide bonds. The number of carbonyl (C=O) groups excluding carboxylic acids is 4. The van der Waals surface area contributed by atoms with Crippen LogP contribution in [0.3, 0.4) is 0 Å². The van der Waals surface area contributed by atoms with Crippen molar-refractivity contribution in [3.63, 3.8) is 0 Å². The molecule has 0 saturated carbocycles. The van der Waals surface area contributed by atoms with E-state index in [4.69, 9.17) is 37.9 Å². The number of cyclic esters (lactones) is 1. The third-order valence-electron chi connectivity index (χ3n) is 10.9. The summed E-state index contributed by atoms with van der Waals surface area (Å²) in [5.41, 5.74) is -1.50. The summed E-state index contributed by atoms with van der Waals surface area (Å²) in [4.78, 5) is 52.3. The number of likely N-dealkylation sites (N-methyl/N-ethyl adjacent to an activating group) is 1. The van der Waals surface area contributed by atoms with Crippen molar-refractivity contribution >= 4 is 24.2 Å². The molecule has 332 valence electrons. The number of hydrogen-bond donors (Lipinski definition) is 3. The molecule has 16 heteroatoms. The molecule has 0 aromatic carbocycles. The van der Waals surface area contributed by atoms with Gasteiger partial charge in [0.05, 0.1) is 36.9 Å². The van der Waals surface area contributed by atoms with Crippen LogP contribution in [0.5, 0.6) is 0 Å². The minimum absolute atomic E-state index is 0.0460. The molecule has 16 nitrogen and oxygen atoms in total. The van der Waals surface area contributed by atoms with Crippen LogP contribution in [0.4, 0.5) is 0 Å². The van der Waals surface area contributed by atoms with E-state index in [2.05, 4.69) is 0 Å². The smallest absolute Gasteiger partial charge is 0.309 e. The molecule has 0 bridgehead atoms. The van der Waals surface area contributed by atoms with Crippen LogP contribution in [-0.2, 0) is 57.1 Å². The van der Waals surface area contributed by atoms with Gasteiger partial charge in [0.2, 0.25) is 0 Å². The topological polar surface area (TPSA) is 206 Å². The first-order chi connectivity index (χ1) is 27.2. The van der Waals surface area contributed by atoms with Gasteiger partial charge in [0.1, 0.15) is 42.4 Å². The van der Waals surface area contributed by atoms with Gasteiger partial charge in [0, 0.05) is 39.7 Å². The van der Waals surface area contributed by atoms with Crippen LogP contribution in [0.15, 0.2) is 24.3 Å². The molecular formula is C42H69NO15. The molecule has 58 heavy (non-hydrogen) atoms. The lowest BCUT2D eigenvalue weighted by Gasteiger charge is -2.50. The van der Waals surface area contributed by atoms with Crippen molar-refractivity contribution in [1.82, 2.24) is 4.90 Å². The number of esters is 3. The Hall–Kier alpha value is -2.80. The molecule has 2 saturated heterocycles. The van der Waals surface area contributed by atoms with E-state index in [1.165, 1.54) is 14.0 Å². The summed E-state index contributed by atoms with van der Waals surface area (Å²) in [6.45, 7) is 13.5. The summed E-state index contributed by atoms with van der Waals surface area (Å²) in [6, 6.07) is -0.782. The van der Waals surface area contributed by atoms with Gasteiger partial charge in [-0.25, -0.2) is 0 Å². The van der Waals surface area contributed by atoms with Crippen molar-refractivity contribution in [1.29, 1.82) is 0 Å². The van der Waals surface area contributed by atoms with E-state index in [0.717, 1.165) is 0 Å². The van der Waals surface area contributed by atoms with E-state index < -0.39 is 121 Å². The number of nitrogens with zero attached hydrogens (tertiary/aromatic N) is 1. The average Bonchev–Trinajstić information content (AvgIpc) is 3.09. The summed E-state index contributed by atoms with van der Waals surface area (Å²) in [7, 11) is 4.86. The highest BCUT2D eigenvalue weighted by Gasteiger charge is 2.53. The highest BCUT2D eigenvalue weighted by Crippen LogP contribution is 2.38. The molecule has 0 aliphatic carbocycles. The van der Waals surface area contributed by atoms with Crippen LogP contribution in [0.1, 0.15) is 93.9 Å². The van der Waals surface area contributed by atoms with Gasteiger partial charge in [-0.3, -0.25) is 14.4 Å². The van der Waals surface area contributed by atoms with E-state index in [0.29, 0.717) is 12.7 Å². The molecule has 16 atom stereocenters. The normalized spacial score (nSPS) is 40.7. The molecule has 2 unspecified atom stereocenters. The second-order valence-corrected chi connectivity index (χ2v) is 17.0. The van der Waals surface area contributed by atoms with Crippen molar-refractivity contribution in [2.75, 3.05) is 21.2 Å². The number of rotatable bonds is 12. The summed E-state index contributed by atoms with van der Waals surface area (Å²) < 4.78 is 48.6. The number of aliphatic hydroxyl groups excluding tert-OH is 2. The largest absolute Gasteiger partial charge is 0.462 e. The van der Waals surface area contributed by atoms with E-state index in [-0.39, 0.29) is 31.6 Å². The van der Waals surface area contributed by atoms with Crippen LogP contribution in [0, 0.1) is 17.8 Å². The fraction of sp³-hybridized carbons (Fsp3) is 0.810. The molecule has 3 aliphatic rings. The predicted octanol–water partition coefficient (Wildman–Crippen LogP) is 3.01. The molecule has 0 aromatic rings. The number of carbonyl (C=O) groups is 4. The lowest BCUT2D eigenvalue weighted by molar-refractivity contribution is -0.344. The Labute approximate surface area is 343 Å². The molecule has 3 aliphatic heterocycles. The summed E-state index contributed by atoms with van der Waals surface area (Å²) in [5, 5.41) is 34.6. The van der Waals surface area contributed by atoms with Crippen LogP contribution in [0.25, 0.3) is 0 Å². The standard InChI is InChI=1S/C42H69NO15/c1-23(2)19-32(47)56-40-27(6)53-34(22-42(40,8)50)57-37-26(5)54-41(36(49)35(37)43(9)10)58-38-29(17-18-44)20-24(3)30(46)16-14-12-13-15-25(4)52-33(48)21-31(39(38)51-11)55-28(7)45/h12-14,16,18,23-27,29-31,34-41,46,49-50H,15,17,19-22H2,1-11H3/b13-12+,16-14+/t24-,25-,26-,27+,29?,30+,31-,34+,35?,36-,37-,38+,39+,40+,41+,42-/m1/s1. The second kappa shape index (κ2) is 22.7. The summed E-state index contributed by atoms with van der Waals surface area (Å²) >= 11 is 0. The van der Waals surface area contributed by atoms with E-state index in [9.17, 15) is 34.5 Å². The van der Waals surface area contributed by atoms with Crippen molar-refractivity contribution < 1.29 is 72.4 Å². The zero-order chi connectivity index (χ0) is 43.5. The number of methoxy groups -OCH3 is 1. The Morgan fingerprint density at radius 3 is 2.29 bits per heavy atom. The molecule has 0 aromatic heterocycles. The van der Waals surface area contributed by atoms with Gasteiger partial charge < -0.3 is 62.9 Å². The fourth-order valence-electron chi connectivity index (χ4n) is 8.08. The predicted molar refractivity (Wildman–Crippen MR) is 210 cm³/mol. The molecule has 3 N–H and O–H groups in total. The average molecular weight is 828 g/mol. The van der Waals surface area contributed by atoms with E-state index in [1.807, 2.05) is 20.8 Å². The van der Waals surface area contributed by atoms with Gasteiger partial charge in [-0.2, -0.15) is 0 Å². The number of ether oxygens (including phenoxy) is 8. The molecule has 3 rings (SSSR count). The number of aliphatic hydroxyl groups is 3. The highest BCUT2D eigenvalue weighted by molar-refractivity contribution is 5.72. The first-order valence-corrected chi connectivity index (χ1v) is 20.4. The van der Waals surface area contributed by atoms with Gasteiger partial charge in [0.15, 0.2) is 18.7 Å². The van der Waals surface area contributed by atoms with Gasteiger partial charge in [-0.05, 0) is 66.0 Å². The lowest BCUT2D eigenvalue weighted by Crippen LogP contribution is -2.66. The first kappa shape index (κ1) is 49.6. The van der Waals surface area contributed by atoms with E-state index >= 15 is 0 Å². The van der Waals surface area contributed by atoms with Gasteiger partial charge >= 0.3 is 17.9 Å². The molecular weight excluding hydrogens is 758 g/mol. The second-order valence-electron chi connectivity index (χ2n) is 17.0. The van der Waals surface area contributed by atoms with Crippen molar-refractivity contribution in [2.24, 2.45) is 17.8 Å². The number of hydrogen-bond acceptors (Lipinski definition) is 16. The number of aldehydes is 1. The zero-order valence-electron chi connectivity index (χ0n) is 36.1. The van der Waals surface area contributed by atoms with Crippen LogP contribution in [0.2, 0.25) is 0 Å². The summed E-state index contributed by atoms with van der Waals surface area (Å²) in [6.07, 6.45) is -4.11. The quantitative estimate of drug-likeness (QED) is 0.147. The van der Waals surface area contributed by atoms with Crippen LogP contribution < -0.4 is 0 Å². The van der Waals surface area contributed by atoms with Crippen molar-refractivity contribution in [3.8, 4) is 0 Å². The Morgan fingerprint density at radius 1 is 1.02 bits per heavy atom. The maximum absolute atomic E-state index is 13.2. The van der Waals surface area contributed by atoms with Gasteiger partial charge in [0.25, 0.3) is 0 Å². The minimum atomic E-state index is -1.50. The zero-order valence-corrected chi connectivity index (χ0v) is 36.1. The SMILES string of the molecule is CO[C@H]1[C@H](OC(C)=O)CC(=O)O[C@H](C)C/C=C/C=C/[C@H](O)[C@H](C)CC(CC=O)[C@@H]1O[C@@H]1O[C@H](C)[C@@H](O[C@H]2C[C@@](C)(O)[C@@H](OC(=O)CC(C)C)[C@H](C)O2)C(N(C)C)[C@H]1O. The summed E-state index contributed by atoms with van der Waals surface area (Å²) in [5.74, 6) is -2.82. The molecule has 2 fully saturated rings. The van der Waals surface area contributed by atoms with Crippen molar-refractivity contribution in [3.05, 3.63) is 24.3 Å².